The lowest BCUT2D eigenvalue weighted by Gasteiger charge is -2.13. The van der Waals surface area contributed by atoms with Gasteiger partial charge in [0.25, 0.3) is 9.84 Å². The van der Waals surface area contributed by atoms with Gasteiger partial charge in [-0.05, 0) is 25.5 Å². The molecule has 0 radical (unpaired) electrons. The standard InChI is InChI=1S/C12H14F3NO2S/c1-2-3-6-9-16-10-7-4-5-8-11(10)19(17,18)12(13,14)15/h2-5,7-8,16H,6,9H2,1H3/b3-2+. The Bertz CT molecular complexity index is 550. The minimum atomic E-state index is -5.33. The van der Waals surface area contributed by atoms with Crippen LogP contribution in [-0.4, -0.2) is 20.5 Å². The normalized spacial score (nSPS) is 12.8. The lowest BCUT2D eigenvalue weighted by atomic mass is 10.3. The number of sulfone groups is 1. The predicted octanol–water partition coefficient (Wildman–Crippen LogP) is 3.36. The Morgan fingerprint density at radius 1 is 1.26 bits per heavy atom. The smallest absolute Gasteiger partial charge is 0.384 e. The molecule has 0 aliphatic rings. The fourth-order valence-electron chi connectivity index (χ4n) is 1.43. The van der Waals surface area contributed by atoms with Gasteiger partial charge in [0, 0.05) is 6.54 Å². The van der Waals surface area contributed by atoms with E-state index in [1.807, 2.05) is 13.0 Å². The number of allylic oxidation sites excluding steroid dienone is 1. The van der Waals surface area contributed by atoms with Crippen LogP contribution in [0.1, 0.15) is 13.3 Å². The molecule has 0 bridgehead atoms. The average molecular weight is 293 g/mol. The van der Waals surface area contributed by atoms with Gasteiger partial charge in [-0.15, -0.1) is 0 Å². The van der Waals surface area contributed by atoms with Crippen molar-refractivity contribution in [3.05, 3.63) is 36.4 Å². The average Bonchev–Trinajstić information content (AvgIpc) is 2.34. The van der Waals surface area contributed by atoms with Gasteiger partial charge in [-0.2, -0.15) is 13.2 Å². The third-order valence-electron chi connectivity index (χ3n) is 2.34. The first-order valence-corrected chi connectivity index (χ1v) is 7.04. The third kappa shape index (κ3) is 3.73. The molecule has 1 aromatic rings. The highest BCUT2D eigenvalue weighted by Crippen LogP contribution is 2.34. The van der Waals surface area contributed by atoms with E-state index in [2.05, 4.69) is 5.32 Å². The zero-order valence-corrected chi connectivity index (χ0v) is 11.1. The summed E-state index contributed by atoms with van der Waals surface area (Å²) < 4.78 is 60.3. The molecule has 0 amide bonds. The summed E-state index contributed by atoms with van der Waals surface area (Å²) in [7, 11) is -5.33. The molecule has 3 nitrogen and oxygen atoms in total. The molecule has 0 atom stereocenters. The van der Waals surface area contributed by atoms with Crippen molar-refractivity contribution >= 4 is 15.5 Å². The molecule has 0 fully saturated rings. The molecule has 0 aromatic heterocycles. The van der Waals surface area contributed by atoms with Crippen LogP contribution in [0, 0.1) is 0 Å². The van der Waals surface area contributed by atoms with Crippen LogP contribution in [0.25, 0.3) is 0 Å². The van der Waals surface area contributed by atoms with Crippen molar-refractivity contribution in [2.24, 2.45) is 0 Å². The molecule has 7 heteroatoms. The van der Waals surface area contributed by atoms with Gasteiger partial charge in [0.15, 0.2) is 0 Å². The van der Waals surface area contributed by atoms with Gasteiger partial charge in [-0.3, -0.25) is 0 Å². The largest absolute Gasteiger partial charge is 0.501 e. The molecular weight excluding hydrogens is 279 g/mol. The van der Waals surface area contributed by atoms with E-state index >= 15 is 0 Å². The van der Waals surface area contributed by atoms with Gasteiger partial charge in [0.05, 0.1) is 10.6 Å². The Balaban J connectivity index is 3.03. The summed E-state index contributed by atoms with van der Waals surface area (Å²) in [5.41, 5.74) is -5.34. The first-order chi connectivity index (χ1) is 8.80. The van der Waals surface area contributed by atoms with Crippen LogP contribution in [0.3, 0.4) is 0 Å². The van der Waals surface area contributed by atoms with Gasteiger partial charge >= 0.3 is 5.51 Å². The van der Waals surface area contributed by atoms with Crippen molar-refractivity contribution in [2.75, 3.05) is 11.9 Å². The van der Waals surface area contributed by atoms with E-state index in [0.29, 0.717) is 13.0 Å². The SMILES string of the molecule is C/C=C/CCNc1ccccc1S(=O)(=O)C(F)(F)F. The highest BCUT2D eigenvalue weighted by Gasteiger charge is 2.47. The van der Waals surface area contributed by atoms with Crippen LogP contribution in [0.5, 0.6) is 0 Å². The molecule has 1 N–H and O–H groups in total. The molecule has 0 heterocycles. The molecule has 0 aliphatic carbocycles. The van der Waals surface area contributed by atoms with Gasteiger partial charge in [-0.1, -0.05) is 24.3 Å². The van der Waals surface area contributed by atoms with Crippen molar-refractivity contribution in [2.45, 2.75) is 23.7 Å². The fraction of sp³-hybridized carbons (Fsp3) is 0.333. The minimum Gasteiger partial charge on any atom is -0.384 e. The number of hydrogen-bond donors (Lipinski definition) is 1. The molecular formula is C12H14F3NO2S. The van der Waals surface area contributed by atoms with Crippen molar-refractivity contribution in [3.63, 3.8) is 0 Å². The van der Waals surface area contributed by atoms with E-state index in [0.717, 1.165) is 6.07 Å². The Labute approximate surface area is 110 Å². The van der Waals surface area contributed by atoms with Crippen LogP contribution in [0.2, 0.25) is 0 Å². The molecule has 1 aromatic carbocycles. The number of nitrogens with one attached hydrogen (secondary N) is 1. The second-order valence-corrected chi connectivity index (χ2v) is 5.64. The third-order valence-corrected chi connectivity index (χ3v) is 3.89. The highest BCUT2D eigenvalue weighted by molar-refractivity contribution is 7.92. The van der Waals surface area contributed by atoms with Crippen LogP contribution in [0.4, 0.5) is 18.9 Å². The van der Waals surface area contributed by atoms with Gasteiger partial charge in [-0.25, -0.2) is 8.42 Å². The molecule has 0 unspecified atom stereocenters. The first kappa shape index (κ1) is 15.6. The summed E-state index contributed by atoms with van der Waals surface area (Å²) in [5.74, 6) is 0. The van der Waals surface area contributed by atoms with E-state index in [9.17, 15) is 21.6 Å². The summed E-state index contributed by atoms with van der Waals surface area (Å²) >= 11 is 0. The Morgan fingerprint density at radius 3 is 2.47 bits per heavy atom. The monoisotopic (exact) mass is 293 g/mol. The van der Waals surface area contributed by atoms with E-state index in [1.165, 1.54) is 18.2 Å². The number of anilines is 1. The van der Waals surface area contributed by atoms with E-state index in [1.54, 1.807) is 6.08 Å². The zero-order chi connectivity index (χ0) is 14.5. The lowest BCUT2D eigenvalue weighted by Crippen LogP contribution is -2.24. The number of hydrogen-bond acceptors (Lipinski definition) is 3. The molecule has 0 spiro atoms. The molecule has 0 saturated carbocycles. The van der Waals surface area contributed by atoms with E-state index in [4.69, 9.17) is 0 Å². The maximum Gasteiger partial charge on any atom is 0.501 e. The Morgan fingerprint density at radius 2 is 1.89 bits per heavy atom. The number of alkyl halides is 3. The quantitative estimate of drug-likeness (QED) is 0.669. The molecule has 1 rings (SSSR count). The fourth-order valence-corrected chi connectivity index (χ4v) is 2.37. The number of halogens is 3. The first-order valence-electron chi connectivity index (χ1n) is 5.56. The van der Waals surface area contributed by atoms with Crippen LogP contribution < -0.4 is 5.32 Å². The maximum absolute atomic E-state index is 12.5. The maximum atomic E-state index is 12.5. The second-order valence-electron chi connectivity index (χ2n) is 3.73. The van der Waals surface area contributed by atoms with Crippen LogP contribution >= 0.6 is 0 Å². The topological polar surface area (TPSA) is 46.2 Å². The molecule has 106 valence electrons. The molecule has 0 aliphatic heterocycles. The summed E-state index contributed by atoms with van der Waals surface area (Å²) in [6, 6.07) is 5.00. The number of benzene rings is 1. The lowest BCUT2D eigenvalue weighted by molar-refractivity contribution is -0.0435. The van der Waals surface area contributed by atoms with Gasteiger partial charge < -0.3 is 5.32 Å². The summed E-state index contributed by atoms with van der Waals surface area (Å²) in [5, 5.41) is 2.70. The number of rotatable bonds is 5. The van der Waals surface area contributed by atoms with Crippen molar-refractivity contribution in [3.8, 4) is 0 Å². The van der Waals surface area contributed by atoms with Crippen molar-refractivity contribution in [1.29, 1.82) is 0 Å². The van der Waals surface area contributed by atoms with Crippen LogP contribution in [-0.2, 0) is 9.84 Å². The second kappa shape index (κ2) is 6.10. The van der Waals surface area contributed by atoms with Crippen LogP contribution in [0.15, 0.2) is 41.3 Å². The summed E-state index contributed by atoms with van der Waals surface area (Å²) in [6.45, 7) is 2.18. The van der Waals surface area contributed by atoms with E-state index in [-0.39, 0.29) is 5.69 Å². The zero-order valence-electron chi connectivity index (χ0n) is 10.2. The summed E-state index contributed by atoms with van der Waals surface area (Å²) in [6.07, 6.45) is 4.23. The molecule has 0 saturated heterocycles. The van der Waals surface area contributed by atoms with E-state index < -0.39 is 20.2 Å². The highest BCUT2D eigenvalue weighted by atomic mass is 32.2. The van der Waals surface area contributed by atoms with Crippen molar-refractivity contribution < 1.29 is 21.6 Å². The van der Waals surface area contributed by atoms with Gasteiger partial charge in [0.1, 0.15) is 0 Å². The number of para-hydroxylation sites is 1. The minimum absolute atomic E-state index is 0.0377. The molecule has 19 heavy (non-hydrogen) atoms. The Hall–Kier alpha value is -1.50. The Kier molecular flexibility index (Phi) is 4.99. The van der Waals surface area contributed by atoms with Crippen molar-refractivity contribution in [1.82, 2.24) is 0 Å². The summed E-state index contributed by atoms with van der Waals surface area (Å²) in [4.78, 5) is -0.747. The van der Waals surface area contributed by atoms with Gasteiger partial charge in [0.2, 0.25) is 0 Å². The predicted molar refractivity (Wildman–Crippen MR) is 67.6 cm³/mol.